The van der Waals surface area contributed by atoms with Crippen LogP contribution in [0.4, 0.5) is 5.69 Å². The van der Waals surface area contributed by atoms with E-state index in [0.717, 1.165) is 19.3 Å². The minimum atomic E-state index is -0.941. The molecule has 2 aliphatic rings. The lowest BCUT2D eigenvalue weighted by molar-refractivity contribution is -0.147. The van der Waals surface area contributed by atoms with Gasteiger partial charge in [-0.15, -0.1) is 0 Å². The Morgan fingerprint density at radius 2 is 1.81 bits per heavy atom. The Bertz CT molecular complexity index is 554. The number of aliphatic carboxylic acids is 1. The predicted octanol–water partition coefficient (Wildman–Crippen LogP) is 2.07. The molecule has 2 aliphatic heterocycles. The summed E-state index contributed by atoms with van der Waals surface area (Å²) < 4.78 is 5.61. The van der Waals surface area contributed by atoms with E-state index < -0.39 is 17.8 Å². The van der Waals surface area contributed by atoms with E-state index in [1.165, 1.54) is 5.56 Å². The number of ether oxygens (including phenoxy) is 1. The van der Waals surface area contributed by atoms with E-state index >= 15 is 0 Å². The van der Waals surface area contributed by atoms with E-state index in [-0.39, 0.29) is 18.1 Å². The van der Waals surface area contributed by atoms with Crippen LogP contribution in [0.25, 0.3) is 0 Å². The Balaban J connectivity index is 1.73. The van der Waals surface area contributed by atoms with Gasteiger partial charge in [-0.05, 0) is 37.0 Å². The third-order valence-corrected chi connectivity index (χ3v) is 4.49. The zero-order valence-electron chi connectivity index (χ0n) is 11.9. The highest BCUT2D eigenvalue weighted by Gasteiger charge is 2.55. The highest BCUT2D eigenvalue weighted by molar-refractivity contribution is 5.96. The number of carbonyl (C=O) groups is 2. The molecule has 1 aromatic rings. The fraction of sp³-hybridized carbons (Fsp3) is 0.500. The van der Waals surface area contributed by atoms with Crippen LogP contribution in [-0.4, -0.2) is 29.2 Å². The van der Waals surface area contributed by atoms with Crippen molar-refractivity contribution in [3.8, 4) is 0 Å². The first kappa shape index (κ1) is 14.1. The first-order valence-corrected chi connectivity index (χ1v) is 7.38. The molecule has 3 rings (SSSR count). The van der Waals surface area contributed by atoms with E-state index in [2.05, 4.69) is 12.2 Å². The number of anilines is 1. The zero-order chi connectivity index (χ0) is 15.0. The summed E-state index contributed by atoms with van der Waals surface area (Å²) in [5, 5.41) is 12.2. The maximum atomic E-state index is 12.4. The molecule has 2 N–H and O–H groups in total. The van der Waals surface area contributed by atoms with Gasteiger partial charge in [0.2, 0.25) is 5.91 Å². The molecule has 2 bridgehead atoms. The molecule has 1 aromatic carbocycles. The summed E-state index contributed by atoms with van der Waals surface area (Å²) in [6.07, 6.45) is 1.87. The van der Waals surface area contributed by atoms with Gasteiger partial charge in [-0.3, -0.25) is 9.59 Å². The zero-order valence-corrected chi connectivity index (χ0v) is 11.9. The molecule has 0 saturated carbocycles. The minimum absolute atomic E-state index is 0.251. The van der Waals surface area contributed by atoms with E-state index in [0.29, 0.717) is 5.69 Å². The molecule has 4 atom stereocenters. The minimum Gasteiger partial charge on any atom is -0.481 e. The number of nitrogens with one attached hydrogen (secondary N) is 1. The van der Waals surface area contributed by atoms with Crippen molar-refractivity contribution in [3.63, 3.8) is 0 Å². The van der Waals surface area contributed by atoms with Crippen molar-refractivity contribution in [2.75, 3.05) is 5.32 Å². The lowest BCUT2D eigenvalue weighted by Crippen LogP contribution is -2.40. The van der Waals surface area contributed by atoms with Gasteiger partial charge in [0.1, 0.15) is 0 Å². The number of fused-ring (bicyclic) bond motifs is 2. The van der Waals surface area contributed by atoms with Crippen LogP contribution in [0.1, 0.15) is 25.3 Å². The molecule has 2 saturated heterocycles. The molecular formula is C16H19NO4. The molecule has 5 nitrogen and oxygen atoms in total. The summed E-state index contributed by atoms with van der Waals surface area (Å²) in [5.74, 6) is -2.51. The van der Waals surface area contributed by atoms with Crippen LogP contribution in [0.3, 0.4) is 0 Å². The molecule has 1 amide bonds. The standard InChI is InChI=1S/C16H19NO4/c1-2-9-3-5-10(6-4-9)17-15(18)13-11-7-8-12(21-11)14(13)16(19)20/h3-6,11-14H,2,7-8H2,1H3,(H,17,18)(H,19,20)/t11-,12-,13+,14-/m0/s1. The van der Waals surface area contributed by atoms with Crippen molar-refractivity contribution < 1.29 is 19.4 Å². The van der Waals surface area contributed by atoms with Crippen LogP contribution in [0.2, 0.25) is 0 Å². The Morgan fingerprint density at radius 3 is 2.38 bits per heavy atom. The summed E-state index contributed by atoms with van der Waals surface area (Å²) in [7, 11) is 0. The number of hydrogen-bond donors (Lipinski definition) is 2. The van der Waals surface area contributed by atoms with Gasteiger partial charge in [0.25, 0.3) is 0 Å². The number of rotatable bonds is 4. The maximum absolute atomic E-state index is 12.4. The lowest BCUT2D eigenvalue weighted by atomic mass is 9.78. The fourth-order valence-electron chi connectivity index (χ4n) is 3.37. The fourth-order valence-corrected chi connectivity index (χ4v) is 3.37. The number of amides is 1. The Morgan fingerprint density at radius 1 is 1.19 bits per heavy atom. The molecule has 21 heavy (non-hydrogen) atoms. The SMILES string of the molecule is CCc1ccc(NC(=O)[C@H]2[C@@H](C(=O)O)[C@@H]3CC[C@@H]2O3)cc1. The van der Waals surface area contributed by atoms with Crippen LogP contribution >= 0.6 is 0 Å². The summed E-state index contributed by atoms with van der Waals surface area (Å²) >= 11 is 0. The average molecular weight is 289 g/mol. The van der Waals surface area contributed by atoms with E-state index in [1.54, 1.807) is 0 Å². The summed E-state index contributed by atoms with van der Waals surface area (Å²) in [6.45, 7) is 2.07. The first-order valence-electron chi connectivity index (χ1n) is 7.38. The number of carboxylic acids is 1. The Labute approximate surface area is 123 Å². The predicted molar refractivity (Wildman–Crippen MR) is 77.0 cm³/mol. The third-order valence-electron chi connectivity index (χ3n) is 4.49. The molecule has 5 heteroatoms. The normalized spacial score (nSPS) is 30.3. The first-order chi connectivity index (χ1) is 10.1. The molecule has 0 unspecified atom stereocenters. The summed E-state index contributed by atoms with van der Waals surface area (Å²) in [5.41, 5.74) is 1.89. The van der Waals surface area contributed by atoms with Gasteiger partial charge in [-0.1, -0.05) is 19.1 Å². The molecule has 2 fully saturated rings. The molecular weight excluding hydrogens is 270 g/mol. The number of carbonyl (C=O) groups excluding carboxylic acids is 1. The van der Waals surface area contributed by atoms with Crippen LogP contribution in [-0.2, 0) is 20.7 Å². The lowest BCUT2D eigenvalue weighted by Gasteiger charge is -2.23. The second kappa shape index (κ2) is 5.48. The molecule has 0 aromatic heterocycles. The van der Waals surface area contributed by atoms with Crippen molar-refractivity contribution in [2.45, 2.75) is 38.4 Å². The molecule has 112 valence electrons. The highest BCUT2D eigenvalue weighted by Crippen LogP contribution is 2.44. The van der Waals surface area contributed by atoms with Crippen molar-refractivity contribution in [1.29, 1.82) is 0 Å². The summed E-state index contributed by atoms with van der Waals surface area (Å²) in [4.78, 5) is 23.8. The van der Waals surface area contributed by atoms with E-state index in [4.69, 9.17) is 4.74 Å². The topological polar surface area (TPSA) is 75.6 Å². The highest BCUT2D eigenvalue weighted by atomic mass is 16.5. The van der Waals surface area contributed by atoms with Crippen LogP contribution in [0.15, 0.2) is 24.3 Å². The van der Waals surface area contributed by atoms with Gasteiger partial charge in [0, 0.05) is 5.69 Å². The Hall–Kier alpha value is -1.88. The van der Waals surface area contributed by atoms with Gasteiger partial charge in [0.15, 0.2) is 0 Å². The second-order valence-electron chi connectivity index (χ2n) is 5.72. The van der Waals surface area contributed by atoms with Gasteiger partial charge in [-0.2, -0.15) is 0 Å². The number of aryl methyl sites for hydroxylation is 1. The van der Waals surface area contributed by atoms with Crippen molar-refractivity contribution in [3.05, 3.63) is 29.8 Å². The van der Waals surface area contributed by atoms with Gasteiger partial charge in [-0.25, -0.2) is 0 Å². The van der Waals surface area contributed by atoms with Crippen molar-refractivity contribution in [1.82, 2.24) is 0 Å². The number of benzene rings is 1. The average Bonchev–Trinajstić information content (AvgIpc) is 3.08. The quantitative estimate of drug-likeness (QED) is 0.889. The Kier molecular flexibility index (Phi) is 3.68. The smallest absolute Gasteiger partial charge is 0.310 e. The van der Waals surface area contributed by atoms with Crippen molar-refractivity contribution >= 4 is 17.6 Å². The monoisotopic (exact) mass is 289 g/mol. The third kappa shape index (κ3) is 2.53. The molecule has 0 radical (unpaired) electrons. The second-order valence-corrected chi connectivity index (χ2v) is 5.72. The van der Waals surface area contributed by atoms with Crippen LogP contribution in [0, 0.1) is 11.8 Å². The number of carboxylic acid groups (broad SMARTS) is 1. The van der Waals surface area contributed by atoms with Gasteiger partial charge >= 0.3 is 5.97 Å². The summed E-state index contributed by atoms with van der Waals surface area (Å²) in [6, 6.07) is 7.62. The van der Waals surface area contributed by atoms with Crippen LogP contribution in [0.5, 0.6) is 0 Å². The number of hydrogen-bond acceptors (Lipinski definition) is 3. The van der Waals surface area contributed by atoms with Gasteiger partial charge < -0.3 is 15.2 Å². The molecule has 2 heterocycles. The van der Waals surface area contributed by atoms with E-state index in [1.807, 2.05) is 24.3 Å². The largest absolute Gasteiger partial charge is 0.481 e. The van der Waals surface area contributed by atoms with Crippen LogP contribution < -0.4 is 5.32 Å². The van der Waals surface area contributed by atoms with Crippen molar-refractivity contribution in [2.24, 2.45) is 11.8 Å². The molecule has 0 aliphatic carbocycles. The maximum Gasteiger partial charge on any atom is 0.310 e. The van der Waals surface area contributed by atoms with Gasteiger partial charge in [0.05, 0.1) is 24.0 Å². The molecule has 0 spiro atoms. The van der Waals surface area contributed by atoms with E-state index in [9.17, 15) is 14.7 Å².